The minimum atomic E-state index is -0.459. The van der Waals surface area contributed by atoms with Gasteiger partial charge >= 0.3 is 5.69 Å². The molecule has 0 aliphatic heterocycles. The van der Waals surface area contributed by atoms with E-state index >= 15 is 0 Å². The lowest BCUT2D eigenvalue weighted by Gasteiger charge is -2.06. The highest BCUT2D eigenvalue weighted by molar-refractivity contribution is 5.76. The molecule has 2 rings (SSSR count). The van der Waals surface area contributed by atoms with E-state index in [-0.39, 0.29) is 11.5 Å². The number of nitrogens with one attached hydrogen (secondary N) is 1. The zero-order chi connectivity index (χ0) is 13.8. The number of benzene rings is 1. The molecule has 0 saturated carbocycles. The van der Waals surface area contributed by atoms with E-state index in [0.29, 0.717) is 5.69 Å². The minimum absolute atomic E-state index is 0.0988. The third-order valence-electron chi connectivity index (χ3n) is 2.85. The summed E-state index contributed by atoms with van der Waals surface area (Å²) >= 11 is 0. The van der Waals surface area contributed by atoms with Crippen LogP contribution in [0.2, 0.25) is 0 Å². The largest absolute Gasteiger partial charge is 0.367 e. The molecule has 1 N–H and O–H groups in total. The molecule has 6 heteroatoms. The predicted octanol–water partition coefficient (Wildman–Crippen LogP) is 2.66. The van der Waals surface area contributed by atoms with Crippen molar-refractivity contribution in [3.63, 3.8) is 0 Å². The first-order valence-corrected chi connectivity index (χ1v) is 5.93. The van der Waals surface area contributed by atoms with Gasteiger partial charge in [-0.1, -0.05) is 25.1 Å². The van der Waals surface area contributed by atoms with Crippen molar-refractivity contribution in [1.29, 1.82) is 0 Å². The Kier molecular flexibility index (Phi) is 3.70. The molecular formula is C13H14N4O2. The van der Waals surface area contributed by atoms with E-state index in [9.17, 15) is 10.1 Å². The molecule has 0 aliphatic rings. The van der Waals surface area contributed by atoms with Crippen LogP contribution in [-0.4, -0.2) is 21.9 Å². The lowest BCUT2D eigenvalue weighted by molar-refractivity contribution is -0.383. The van der Waals surface area contributed by atoms with Crippen LogP contribution in [0.15, 0.2) is 30.6 Å². The first kappa shape index (κ1) is 12.9. The predicted molar refractivity (Wildman–Crippen MR) is 73.0 cm³/mol. The standard InChI is InChI=1S/C13H14N4O2/c1-3-9-5-4-6-10(7-9)11-12(17(18)19)13(14-2)16-8-15-11/h4-8H,3H2,1-2H3,(H,14,15,16). The normalized spacial score (nSPS) is 10.2. The Morgan fingerprint density at radius 3 is 2.79 bits per heavy atom. The van der Waals surface area contributed by atoms with Crippen LogP contribution in [0.25, 0.3) is 11.3 Å². The number of hydrogen-bond donors (Lipinski definition) is 1. The van der Waals surface area contributed by atoms with Crippen LogP contribution in [0.3, 0.4) is 0 Å². The Labute approximate surface area is 110 Å². The molecule has 0 unspecified atom stereocenters. The van der Waals surface area contributed by atoms with Crippen LogP contribution in [0.1, 0.15) is 12.5 Å². The Morgan fingerprint density at radius 2 is 2.16 bits per heavy atom. The molecule has 0 atom stereocenters. The maximum atomic E-state index is 11.2. The van der Waals surface area contributed by atoms with Gasteiger partial charge in [0.15, 0.2) is 5.69 Å². The molecule has 19 heavy (non-hydrogen) atoms. The Balaban J connectivity index is 2.64. The number of aromatic nitrogens is 2. The molecule has 0 saturated heterocycles. The van der Waals surface area contributed by atoms with Crippen LogP contribution in [-0.2, 0) is 6.42 Å². The first-order chi connectivity index (χ1) is 9.17. The van der Waals surface area contributed by atoms with Gasteiger partial charge in [-0.25, -0.2) is 9.97 Å². The van der Waals surface area contributed by atoms with Crippen LogP contribution >= 0.6 is 0 Å². The number of anilines is 1. The third-order valence-corrected chi connectivity index (χ3v) is 2.85. The lowest BCUT2D eigenvalue weighted by Crippen LogP contribution is -2.03. The van der Waals surface area contributed by atoms with Crippen molar-refractivity contribution in [2.75, 3.05) is 12.4 Å². The van der Waals surface area contributed by atoms with E-state index in [1.54, 1.807) is 7.05 Å². The fraction of sp³-hybridized carbons (Fsp3) is 0.231. The average molecular weight is 258 g/mol. The summed E-state index contributed by atoms with van der Waals surface area (Å²) in [5, 5.41) is 13.9. The zero-order valence-electron chi connectivity index (χ0n) is 10.8. The summed E-state index contributed by atoms with van der Waals surface area (Å²) in [6, 6.07) is 7.58. The number of nitrogens with zero attached hydrogens (tertiary/aromatic N) is 3. The summed E-state index contributed by atoms with van der Waals surface area (Å²) in [6.45, 7) is 2.03. The van der Waals surface area contributed by atoms with Crippen LogP contribution < -0.4 is 5.32 Å². The van der Waals surface area contributed by atoms with Gasteiger partial charge in [-0.15, -0.1) is 0 Å². The number of rotatable bonds is 4. The van der Waals surface area contributed by atoms with E-state index in [2.05, 4.69) is 15.3 Å². The van der Waals surface area contributed by atoms with Gasteiger partial charge in [-0.3, -0.25) is 10.1 Å². The van der Waals surface area contributed by atoms with Crippen LogP contribution in [0.4, 0.5) is 11.5 Å². The molecule has 0 amide bonds. The topological polar surface area (TPSA) is 81.0 Å². The molecule has 0 spiro atoms. The molecule has 0 fully saturated rings. The van der Waals surface area contributed by atoms with Gasteiger partial charge in [0, 0.05) is 12.6 Å². The molecule has 6 nitrogen and oxygen atoms in total. The fourth-order valence-corrected chi connectivity index (χ4v) is 1.88. The molecule has 2 aromatic rings. The Bertz CT molecular complexity index is 613. The second-order valence-electron chi connectivity index (χ2n) is 3.98. The van der Waals surface area contributed by atoms with Crippen molar-refractivity contribution >= 4 is 11.5 Å². The van der Waals surface area contributed by atoms with Gasteiger partial charge in [0.1, 0.15) is 6.33 Å². The van der Waals surface area contributed by atoms with Crippen LogP contribution in [0, 0.1) is 10.1 Å². The highest BCUT2D eigenvalue weighted by Crippen LogP contribution is 2.32. The van der Waals surface area contributed by atoms with Gasteiger partial charge in [0.25, 0.3) is 0 Å². The van der Waals surface area contributed by atoms with Crippen LogP contribution in [0.5, 0.6) is 0 Å². The van der Waals surface area contributed by atoms with E-state index in [1.165, 1.54) is 6.33 Å². The van der Waals surface area contributed by atoms with Crippen molar-refractivity contribution in [2.45, 2.75) is 13.3 Å². The summed E-state index contributed by atoms with van der Waals surface area (Å²) in [5.74, 6) is 0.219. The second-order valence-corrected chi connectivity index (χ2v) is 3.98. The highest BCUT2D eigenvalue weighted by Gasteiger charge is 2.23. The summed E-state index contributed by atoms with van der Waals surface area (Å²) in [6.07, 6.45) is 2.19. The van der Waals surface area contributed by atoms with Gasteiger partial charge in [0.2, 0.25) is 5.82 Å². The van der Waals surface area contributed by atoms with Gasteiger partial charge in [-0.2, -0.15) is 0 Å². The zero-order valence-corrected chi connectivity index (χ0v) is 10.8. The van der Waals surface area contributed by atoms with E-state index in [0.717, 1.165) is 17.5 Å². The smallest absolute Gasteiger partial charge is 0.337 e. The monoisotopic (exact) mass is 258 g/mol. The summed E-state index contributed by atoms with van der Waals surface area (Å²) in [7, 11) is 1.60. The van der Waals surface area contributed by atoms with E-state index < -0.39 is 4.92 Å². The molecule has 1 aromatic heterocycles. The van der Waals surface area contributed by atoms with Crippen molar-refractivity contribution in [3.8, 4) is 11.3 Å². The minimum Gasteiger partial charge on any atom is -0.367 e. The van der Waals surface area contributed by atoms with Gasteiger partial charge in [0.05, 0.1) is 4.92 Å². The molecule has 1 aromatic carbocycles. The molecule has 0 aliphatic carbocycles. The molecular weight excluding hydrogens is 244 g/mol. The molecule has 0 bridgehead atoms. The third kappa shape index (κ3) is 2.52. The van der Waals surface area contributed by atoms with E-state index in [1.807, 2.05) is 31.2 Å². The Morgan fingerprint density at radius 1 is 1.37 bits per heavy atom. The number of hydrogen-bond acceptors (Lipinski definition) is 5. The summed E-state index contributed by atoms with van der Waals surface area (Å²) < 4.78 is 0. The van der Waals surface area contributed by atoms with Crippen molar-refractivity contribution in [1.82, 2.24) is 9.97 Å². The van der Waals surface area contributed by atoms with Gasteiger partial charge < -0.3 is 5.32 Å². The van der Waals surface area contributed by atoms with Crippen molar-refractivity contribution in [3.05, 3.63) is 46.3 Å². The number of aryl methyl sites for hydroxylation is 1. The van der Waals surface area contributed by atoms with Crippen molar-refractivity contribution < 1.29 is 4.92 Å². The summed E-state index contributed by atoms with van der Waals surface area (Å²) in [5.41, 5.74) is 2.07. The van der Waals surface area contributed by atoms with Gasteiger partial charge in [-0.05, 0) is 18.1 Å². The molecule has 0 radical (unpaired) electrons. The number of nitro groups is 1. The fourth-order valence-electron chi connectivity index (χ4n) is 1.88. The quantitative estimate of drug-likeness (QED) is 0.673. The molecule has 98 valence electrons. The average Bonchev–Trinajstić information content (AvgIpc) is 2.46. The summed E-state index contributed by atoms with van der Waals surface area (Å²) in [4.78, 5) is 18.7. The molecule has 1 heterocycles. The first-order valence-electron chi connectivity index (χ1n) is 5.93. The maximum Gasteiger partial charge on any atom is 0.337 e. The highest BCUT2D eigenvalue weighted by atomic mass is 16.6. The lowest BCUT2D eigenvalue weighted by atomic mass is 10.1. The second kappa shape index (κ2) is 5.43. The van der Waals surface area contributed by atoms with Crippen molar-refractivity contribution in [2.24, 2.45) is 0 Å². The SMILES string of the molecule is CCc1cccc(-c2ncnc(NC)c2[N+](=O)[O-])c1. The Hall–Kier alpha value is -2.50. The maximum absolute atomic E-state index is 11.2. The van der Waals surface area contributed by atoms with E-state index in [4.69, 9.17) is 0 Å².